The van der Waals surface area contributed by atoms with Crippen molar-refractivity contribution in [1.82, 2.24) is 0 Å². The Balaban J connectivity index is 1.55. The number of hydrazone groups is 1. The van der Waals surface area contributed by atoms with Gasteiger partial charge in [-0.2, -0.15) is 5.10 Å². The van der Waals surface area contributed by atoms with Gasteiger partial charge >= 0.3 is 0 Å². The van der Waals surface area contributed by atoms with Crippen molar-refractivity contribution < 1.29 is 13.5 Å². The molecule has 0 aliphatic heterocycles. The number of rotatable bonds is 6. The van der Waals surface area contributed by atoms with Crippen molar-refractivity contribution in [2.75, 3.05) is 5.43 Å². The number of hydrogen-bond acceptors (Lipinski definition) is 3. The van der Waals surface area contributed by atoms with Crippen LogP contribution in [0.5, 0.6) is 5.75 Å². The maximum atomic E-state index is 13.5. The summed E-state index contributed by atoms with van der Waals surface area (Å²) in [5, 5.41) is 3.95. The van der Waals surface area contributed by atoms with Gasteiger partial charge < -0.3 is 4.74 Å². The predicted octanol–water partition coefficient (Wildman–Crippen LogP) is 4.99. The van der Waals surface area contributed by atoms with E-state index in [0.717, 1.165) is 22.9 Å². The average molecular weight is 338 g/mol. The second-order valence-electron chi connectivity index (χ2n) is 5.34. The molecule has 0 aliphatic carbocycles. The molecular formula is C20H16F2N2O. The summed E-state index contributed by atoms with van der Waals surface area (Å²) in [6, 6.07) is 20.5. The molecule has 0 spiro atoms. The van der Waals surface area contributed by atoms with Gasteiger partial charge in [0, 0.05) is 6.07 Å². The number of anilines is 1. The van der Waals surface area contributed by atoms with E-state index in [4.69, 9.17) is 4.74 Å². The molecule has 126 valence electrons. The molecule has 25 heavy (non-hydrogen) atoms. The first kappa shape index (κ1) is 16.6. The van der Waals surface area contributed by atoms with Crippen LogP contribution in [0.3, 0.4) is 0 Å². The summed E-state index contributed by atoms with van der Waals surface area (Å²) >= 11 is 0. The minimum absolute atomic E-state index is 0.112. The van der Waals surface area contributed by atoms with E-state index < -0.39 is 11.6 Å². The normalized spacial score (nSPS) is 10.8. The number of hydrogen-bond donors (Lipinski definition) is 1. The van der Waals surface area contributed by atoms with Gasteiger partial charge in [-0.05, 0) is 47.5 Å². The highest BCUT2D eigenvalue weighted by Crippen LogP contribution is 2.15. The topological polar surface area (TPSA) is 33.6 Å². The molecule has 3 aromatic carbocycles. The summed E-state index contributed by atoms with van der Waals surface area (Å²) < 4.78 is 32.0. The SMILES string of the molecule is Fc1ccc(N/N=C/c2ccc(OCc3ccccc3)cc2)c(F)c1. The fourth-order valence-corrected chi connectivity index (χ4v) is 2.15. The Kier molecular flexibility index (Phi) is 5.36. The van der Waals surface area contributed by atoms with Gasteiger partial charge in [-0.25, -0.2) is 8.78 Å². The molecule has 0 aromatic heterocycles. The Morgan fingerprint density at radius 1 is 0.920 bits per heavy atom. The fraction of sp³-hybridized carbons (Fsp3) is 0.0500. The van der Waals surface area contributed by atoms with Gasteiger partial charge in [0.1, 0.15) is 18.2 Å². The smallest absolute Gasteiger partial charge is 0.151 e. The lowest BCUT2D eigenvalue weighted by Gasteiger charge is -2.06. The summed E-state index contributed by atoms with van der Waals surface area (Å²) in [7, 11) is 0. The van der Waals surface area contributed by atoms with Crippen LogP contribution in [0.4, 0.5) is 14.5 Å². The van der Waals surface area contributed by atoms with E-state index in [9.17, 15) is 8.78 Å². The lowest BCUT2D eigenvalue weighted by atomic mass is 10.2. The maximum absolute atomic E-state index is 13.5. The first-order chi connectivity index (χ1) is 12.2. The maximum Gasteiger partial charge on any atom is 0.151 e. The van der Waals surface area contributed by atoms with Crippen molar-refractivity contribution in [3.8, 4) is 5.75 Å². The quantitative estimate of drug-likeness (QED) is 0.507. The number of ether oxygens (including phenoxy) is 1. The van der Waals surface area contributed by atoms with Crippen LogP contribution >= 0.6 is 0 Å². The highest BCUT2D eigenvalue weighted by Gasteiger charge is 2.01. The highest BCUT2D eigenvalue weighted by atomic mass is 19.1. The molecule has 3 aromatic rings. The Hall–Kier alpha value is -3.21. The van der Waals surface area contributed by atoms with Crippen molar-refractivity contribution in [1.29, 1.82) is 0 Å². The van der Waals surface area contributed by atoms with Gasteiger partial charge in [0.2, 0.25) is 0 Å². The second kappa shape index (κ2) is 8.06. The van der Waals surface area contributed by atoms with Gasteiger partial charge in [-0.3, -0.25) is 5.43 Å². The Morgan fingerprint density at radius 2 is 1.68 bits per heavy atom. The Labute approximate surface area is 144 Å². The van der Waals surface area contributed by atoms with Crippen LogP contribution in [0.2, 0.25) is 0 Å². The van der Waals surface area contributed by atoms with E-state index in [-0.39, 0.29) is 5.69 Å². The van der Waals surface area contributed by atoms with Crippen LogP contribution in [0.25, 0.3) is 0 Å². The van der Waals surface area contributed by atoms with Crippen molar-refractivity contribution >= 4 is 11.9 Å². The molecule has 3 nitrogen and oxygen atoms in total. The third-order valence-electron chi connectivity index (χ3n) is 3.46. The monoisotopic (exact) mass is 338 g/mol. The minimum atomic E-state index is -0.693. The molecule has 0 saturated heterocycles. The molecule has 0 heterocycles. The van der Waals surface area contributed by atoms with Gasteiger partial charge in [-0.1, -0.05) is 30.3 Å². The minimum Gasteiger partial charge on any atom is -0.489 e. The van der Waals surface area contributed by atoms with Crippen molar-refractivity contribution in [3.63, 3.8) is 0 Å². The molecule has 0 bridgehead atoms. The zero-order valence-electron chi connectivity index (χ0n) is 13.3. The summed E-state index contributed by atoms with van der Waals surface area (Å²) in [5.41, 5.74) is 4.58. The van der Waals surface area contributed by atoms with E-state index in [2.05, 4.69) is 10.5 Å². The van der Waals surface area contributed by atoms with Crippen LogP contribution in [-0.4, -0.2) is 6.21 Å². The lowest BCUT2D eigenvalue weighted by Crippen LogP contribution is -1.96. The molecule has 1 N–H and O–H groups in total. The number of halogens is 2. The number of benzene rings is 3. The van der Waals surface area contributed by atoms with Crippen LogP contribution < -0.4 is 10.2 Å². The third kappa shape index (κ3) is 4.88. The van der Waals surface area contributed by atoms with Gasteiger partial charge in [0.15, 0.2) is 5.82 Å². The molecule has 5 heteroatoms. The zero-order chi connectivity index (χ0) is 17.5. The molecule has 0 atom stereocenters. The third-order valence-corrected chi connectivity index (χ3v) is 3.46. The lowest BCUT2D eigenvalue weighted by molar-refractivity contribution is 0.306. The molecule has 0 unspecified atom stereocenters. The van der Waals surface area contributed by atoms with Crippen molar-refractivity contribution in [2.24, 2.45) is 5.10 Å². The van der Waals surface area contributed by atoms with Crippen molar-refractivity contribution in [3.05, 3.63) is 95.6 Å². The number of nitrogens with zero attached hydrogens (tertiary/aromatic N) is 1. The Bertz CT molecular complexity index is 849. The summed E-state index contributed by atoms with van der Waals surface area (Å²) in [6.07, 6.45) is 1.55. The van der Waals surface area contributed by atoms with E-state index in [1.807, 2.05) is 54.6 Å². The fourth-order valence-electron chi connectivity index (χ4n) is 2.15. The molecular weight excluding hydrogens is 322 g/mol. The van der Waals surface area contributed by atoms with Crippen LogP contribution in [0.15, 0.2) is 77.9 Å². The van der Waals surface area contributed by atoms with Gasteiger partial charge in [-0.15, -0.1) is 0 Å². The molecule has 0 aliphatic rings. The summed E-state index contributed by atoms with van der Waals surface area (Å²) in [6.45, 7) is 0.500. The first-order valence-corrected chi connectivity index (χ1v) is 7.71. The van der Waals surface area contributed by atoms with Crippen molar-refractivity contribution in [2.45, 2.75) is 6.61 Å². The largest absolute Gasteiger partial charge is 0.489 e. The highest BCUT2D eigenvalue weighted by molar-refractivity contribution is 5.80. The predicted molar refractivity (Wildman–Crippen MR) is 94.8 cm³/mol. The summed E-state index contributed by atoms with van der Waals surface area (Å²) in [5.74, 6) is -0.571. The average Bonchev–Trinajstić information content (AvgIpc) is 2.64. The number of nitrogens with one attached hydrogen (secondary N) is 1. The first-order valence-electron chi connectivity index (χ1n) is 7.71. The molecule has 0 saturated carbocycles. The van der Waals surface area contributed by atoms with E-state index in [0.29, 0.717) is 6.61 Å². The van der Waals surface area contributed by atoms with E-state index in [1.165, 1.54) is 12.1 Å². The van der Waals surface area contributed by atoms with E-state index >= 15 is 0 Å². The van der Waals surface area contributed by atoms with Crippen LogP contribution in [0.1, 0.15) is 11.1 Å². The summed E-state index contributed by atoms with van der Waals surface area (Å²) in [4.78, 5) is 0. The Morgan fingerprint density at radius 3 is 2.40 bits per heavy atom. The van der Waals surface area contributed by atoms with Crippen LogP contribution in [-0.2, 0) is 6.61 Å². The van der Waals surface area contributed by atoms with Crippen LogP contribution in [0, 0.1) is 11.6 Å². The van der Waals surface area contributed by atoms with Gasteiger partial charge in [0.25, 0.3) is 0 Å². The van der Waals surface area contributed by atoms with E-state index in [1.54, 1.807) is 6.21 Å². The molecule has 0 fully saturated rings. The second-order valence-corrected chi connectivity index (χ2v) is 5.34. The zero-order valence-corrected chi connectivity index (χ0v) is 13.3. The molecule has 0 amide bonds. The standard InChI is InChI=1S/C20H16F2N2O/c21-17-8-11-20(19(22)12-17)24-23-13-15-6-9-18(10-7-15)25-14-16-4-2-1-3-5-16/h1-13,24H,14H2/b23-13+. The van der Waals surface area contributed by atoms with Gasteiger partial charge in [0.05, 0.1) is 11.9 Å². The molecule has 3 rings (SSSR count). The molecule has 0 radical (unpaired) electrons.